The highest BCUT2D eigenvalue weighted by molar-refractivity contribution is 5.30. The maximum Gasteiger partial charge on any atom is 0.0716 e. The molecule has 1 saturated carbocycles. The molecule has 1 aliphatic carbocycles. The van der Waals surface area contributed by atoms with Crippen LogP contribution in [0.3, 0.4) is 0 Å². The first-order valence-electron chi connectivity index (χ1n) is 8.20. The second kappa shape index (κ2) is 7.92. The Hall–Kier alpha value is -0.900. The smallest absolute Gasteiger partial charge is 0.0716 e. The van der Waals surface area contributed by atoms with Crippen molar-refractivity contribution in [3.05, 3.63) is 35.4 Å². The van der Waals surface area contributed by atoms with Crippen LogP contribution >= 0.6 is 0 Å². The minimum absolute atomic E-state index is 0.322. The Bertz CT molecular complexity index is 429. The Balaban J connectivity index is 2.19. The molecule has 118 valence electrons. The third-order valence-corrected chi connectivity index (χ3v) is 4.32. The highest BCUT2D eigenvalue weighted by Gasteiger charge is 2.34. The quantitative estimate of drug-likeness (QED) is 0.758. The fraction of sp³-hybridized carbons (Fsp3) is 0.667. The summed E-state index contributed by atoms with van der Waals surface area (Å²) in [4.78, 5) is 2.63. The Morgan fingerprint density at radius 3 is 2.57 bits per heavy atom. The molecule has 1 aromatic rings. The molecule has 0 amide bonds. The van der Waals surface area contributed by atoms with Crippen LogP contribution in [0.15, 0.2) is 24.3 Å². The van der Waals surface area contributed by atoms with Crippen molar-refractivity contribution in [2.24, 2.45) is 11.7 Å². The molecule has 2 rings (SSSR count). The molecule has 1 aliphatic rings. The molecule has 0 spiro atoms. The summed E-state index contributed by atoms with van der Waals surface area (Å²) < 4.78 is 5.36. The summed E-state index contributed by atoms with van der Waals surface area (Å²) in [5.74, 6) is 0.735. The Morgan fingerprint density at radius 2 is 2.00 bits per heavy atom. The van der Waals surface area contributed by atoms with Gasteiger partial charge in [-0.05, 0) is 42.9 Å². The first-order valence-corrected chi connectivity index (χ1v) is 8.20. The van der Waals surface area contributed by atoms with Crippen molar-refractivity contribution >= 4 is 0 Å². The van der Waals surface area contributed by atoms with Crippen LogP contribution < -0.4 is 5.73 Å². The molecule has 21 heavy (non-hydrogen) atoms. The molecule has 0 saturated heterocycles. The predicted molar refractivity (Wildman–Crippen MR) is 88.1 cm³/mol. The van der Waals surface area contributed by atoms with E-state index < -0.39 is 0 Å². The average Bonchev–Trinajstić information content (AvgIpc) is 3.29. The number of nitrogens with zero attached hydrogens (tertiary/aromatic N) is 1. The molecule has 1 atom stereocenters. The summed E-state index contributed by atoms with van der Waals surface area (Å²) in [6.07, 6.45) is 3.88. The van der Waals surface area contributed by atoms with E-state index >= 15 is 0 Å². The number of methoxy groups -OCH3 is 1. The molecule has 0 radical (unpaired) electrons. The number of hydrogen-bond donors (Lipinski definition) is 1. The number of ether oxygens (including phenoxy) is 1. The highest BCUT2D eigenvalue weighted by atomic mass is 16.5. The van der Waals surface area contributed by atoms with Crippen LogP contribution in [-0.4, -0.2) is 31.1 Å². The van der Waals surface area contributed by atoms with E-state index in [1.807, 2.05) is 0 Å². The lowest BCUT2D eigenvalue weighted by Crippen LogP contribution is -2.37. The van der Waals surface area contributed by atoms with E-state index in [1.165, 1.54) is 30.4 Å². The van der Waals surface area contributed by atoms with Gasteiger partial charge in [-0.25, -0.2) is 0 Å². The molecule has 3 nitrogen and oxygen atoms in total. The third-order valence-electron chi connectivity index (χ3n) is 4.32. The van der Waals surface area contributed by atoms with Crippen LogP contribution in [0.1, 0.15) is 50.3 Å². The minimum atomic E-state index is 0.322. The molecular weight excluding hydrogens is 260 g/mol. The Kier molecular flexibility index (Phi) is 6.22. The number of nitrogens with two attached hydrogens (primary N) is 1. The second-order valence-corrected chi connectivity index (χ2v) is 6.53. The minimum Gasteiger partial charge on any atom is -0.380 e. The summed E-state index contributed by atoms with van der Waals surface area (Å²) in [6.45, 7) is 7.07. The lowest BCUT2D eigenvalue weighted by Gasteiger charge is -2.33. The molecule has 0 heterocycles. The molecule has 0 aliphatic heterocycles. The monoisotopic (exact) mass is 290 g/mol. The van der Waals surface area contributed by atoms with Gasteiger partial charge in [0.25, 0.3) is 0 Å². The SMILES string of the molecule is COCc1ccccc1C(CN)N(CCC(C)C)C1CC1. The van der Waals surface area contributed by atoms with Gasteiger partial charge in [-0.1, -0.05) is 38.1 Å². The largest absolute Gasteiger partial charge is 0.380 e. The first kappa shape index (κ1) is 16.5. The third kappa shape index (κ3) is 4.53. The van der Waals surface area contributed by atoms with Crippen LogP contribution in [0.4, 0.5) is 0 Å². The number of benzene rings is 1. The second-order valence-electron chi connectivity index (χ2n) is 6.53. The predicted octanol–water partition coefficient (Wildman–Crippen LogP) is 3.34. The van der Waals surface area contributed by atoms with Gasteiger partial charge in [-0.15, -0.1) is 0 Å². The van der Waals surface area contributed by atoms with Crippen molar-refractivity contribution < 1.29 is 4.74 Å². The van der Waals surface area contributed by atoms with E-state index in [9.17, 15) is 0 Å². The van der Waals surface area contributed by atoms with Gasteiger partial charge in [0.15, 0.2) is 0 Å². The summed E-state index contributed by atoms with van der Waals surface area (Å²) in [7, 11) is 1.76. The van der Waals surface area contributed by atoms with Gasteiger partial charge >= 0.3 is 0 Å². The summed E-state index contributed by atoms with van der Waals surface area (Å²) >= 11 is 0. The molecular formula is C18H30N2O. The fourth-order valence-electron chi connectivity index (χ4n) is 2.99. The molecule has 0 aromatic heterocycles. The molecule has 1 aromatic carbocycles. The molecule has 0 bridgehead atoms. The van der Waals surface area contributed by atoms with E-state index in [4.69, 9.17) is 10.5 Å². The van der Waals surface area contributed by atoms with E-state index in [-0.39, 0.29) is 0 Å². The van der Waals surface area contributed by atoms with Gasteiger partial charge < -0.3 is 10.5 Å². The summed E-state index contributed by atoms with van der Waals surface area (Å²) in [5, 5.41) is 0. The Labute approximate surface area is 129 Å². The number of rotatable bonds is 9. The average molecular weight is 290 g/mol. The van der Waals surface area contributed by atoms with E-state index in [1.54, 1.807) is 7.11 Å². The van der Waals surface area contributed by atoms with E-state index in [0.717, 1.165) is 18.5 Å². The lowest BCUT2D eigenvalue weighted by atomic mass is 9.98. The van der Waals surface area contributed by atoms with Crippen molar-refractivity contribution in [3.8, 4) is 0 Å². The van der Waals surface area contributed by atoms with Crippen LogP contribution in [0, 0.1) is 5.92 Å². The highest BCUT2D eigenvalue weighted by Crippen LogP contribution is 2.35. The Morgan fingerprint density at radius 1 is 1.29 bits per heavy atom. The van der Waals surface area contributed by atoms with Crippen molar-refractivity contribution in [1.29, 1.82) is 0 Å². The van der Waals surface area contributed by atoms with Crippen molar-refractivity contribution in [2.75, 3.05) is 20.2 Å². The van der Waals surface area contributed by atoms with E-state index in [0.29, 0.717) is 19.2 Å². The standard InChI is InChI=1S/C18H30N2O/c1-14(2)10-11-20(16-8-9-16)18(12-19)17-7-5-4-6-15(17)13-21-3/h4-7,14,16,18H,8-13,19H2,1-3H3. The zero-order chi connectivity index (χ0) is 15.2. The lowest BCUT2D eigenvalue weighted by molar-refractivity contribution is 0.166. The maximum atomic E-state index is 6.16. The summed E-state index contributed by atoms with van der Waals surface area (Å²) in [6, 6.07) is 9.63. The van der Waals surface area contributed by atoms with Gasteiger partial charge in [-0.2, -0.15) is 0 Å². The van der Waals surface area contributed by atoms with Crippen molar-refractivity contribution in [1.82, 2.24) is 4.90 Å². The molecule has 2 N–H and O–H groups in total. The van der Waals surface area contributed by atoms with Crippen LogP contribution in [-0.2, 0) is 11.3 Å². The fourth-order valence-corrected chi connectivity index (χ4v) is 2.99. The normalized spacial score (nSPS) is 16.7. The van der Waals surface area contributed by atoms with Gasteiger partial charge in [0.1, 0.15) is 0 Å². The van der Waals surface area contributed by atoms with Gasteiger partial charge in [0.05, 0.1) is 6.61 Å². The zero-order valence-electron chi connectivity index (χ0n) is 13.7. The maximum absolute atomic E-state index is 6.16. The first-order chi connectivity index (χ1) is 10.2. The molecule has 3 heteroatoms. The van der Waals surface area contributed by atoms with Crippen LogP contribution in [0.2, 0.25) is 0 Å². The van der Waals surface area contributed by atoms with Crippen LogP contribution in [0.5, 0.6) is 0 Å². The van der Waals surface area contributed by atoms with E-state index in [2.05, 4.69) is 43.0 Å². The van der Waals surface area contributed by atoms with Gasteiger partial charge in [-0.3, -0.25) is 4.90 Å². The van der Waals surface area contributed by atoms with Crippen molar-refractivity contribution in [2.45, 2.75) is 51.8 Å². The molecule has 1 fully saturated rings. The molecule has 1 unspecified atom stereocenters. The topological polar surface area (TPSA) is 38.5 Å². The number of hydrogen-bond acceptors (Lipinski definition) is 3. The van der Waals surface area contributed by atoms with Gasteiger partial charge in [0.2, 0.25) is 0 Å². The van der Waals surface area contributed by atoms with Gasteiger partial charge in [0, 0.05) is 25.7 Å². The summed E-state index contributed by atoms with van der Waals surface area (Å²) in [5.41, 5.74) is 8.77. The van der Waals surface area contributed by atoms with Crippen molar-refractivity contribution in [3.63, 3.8) is 0 Å². The zero-order valence-corrected chi connectivity index (χ0v) is 13.7. The van der Waals surface area contributed by atoms with Crippen LogP contribution in [0.25, 0.3) is 0 Å².